The van der Waals surface area contributed by atoms with E-state index in [4.69, 9.17) is 0 Å². The van der Waals surface area contributed by atoms with Crippen molar-refractivity contribution in [3.63, 3.8) is 0 Å². The van der Waals surface area contributed by atoms with Crippen molar-refractivity contribution in [2.45, 2.75) is 24.1 Å². The van der Waals surface area contributed by atoms with E-state index in [1.165, 1.54) is 0 Å². The Morgan fingerprint density at radius 1 is 0.769 bits per heavy atom. The van der Waals surface area contributed by atoms with Gasteiger partial charge in [-0.2, -0.15) is 18.4 Å². The third-order valence-corrected chi connectivity index (χ3v) is 6.59. The molecule has 4 nitrogen and oxygen atoms in total. The highest BCUT2D eigenvalue weighted by Gasteiger charge is 2.43. The highest BCUT2D eigenvalue weighted by Crippen LogP contribution is 2.43. The lowest BCUT2D eigenvalue weighted by atomic mass is 9.68. The lowest BCUT2D eigenvalue weighted by molar-refractivity contribution is -0.137. The first-order valence-corrected chi connectivity index (χ1v) is 12.2. The molecule has 0 saturated heterocycles. The lowest BCUT2D eigenvalue weighted by Crippen LogP contribution is -2.49. The Morgan fingerprint density at radius 3 is 1.85 bits per heavy atom. The smallest absolute Gasteiger partial charge is 0.287 e. The summed E-state index contributed by atoms with van der Waals surface area (Å²) in [6.07, 6.45) is -4.27. The van der Waals surface area contributed by atoms with Crippen molar-refractivity contribution in [3.8, 4) is 6.07 Å². The van der Waals surface area contributed by atoms with E-state index in [1.807, 2.05) is 91.0 Å². The zero-order valence-electron chi connectivity index (χ0n) is 21.0. The molecule has 2 atom stereocenters. The largest absolute Gasteiger partial charge is 0.416 e. The van der Waals surface area contributed by atoms with E-state index < -0.39 is 29.1 Å². The Kier molecular flexibility index (Phi) is 8.28. The minimum Gasteiger partial charge on any atom is -0.287 e. The molecule has 0 aliphatic rings. The first-order chi connectivity index (χ1) is 18.7. The molecule has 4 rings (SSSR count). The van der Waals surface area contributed by atoms with Crippen LogP contribution in [-0.4, -0.2) is 5.91 Å². The van der Waals surface area contributed by atoms with Gasteiger partial charge in [-0.3, -0.25) is 10.2 Å². The third-order valence-electron chi connectivity index (χ3n) is 6.59. The Labute approximate surface area is 225 Å². The number of nitriles is 1. The van der Waals surface area contributed by atoms with Crippen LogP contribution >= 0.6 is 0 Å². The molecular formula is C32H26F3N3O. The van der Waals surface area contributed by atoms with E-state index in [9.17, 15) is 23.2 Å². The number of carbonyl (C=O) groups excluding carboxylic acids is 1. The van der Waals surface area contributed by atoms with Crippen LogP contribution in [0.5, 0.6) is 0 Å². The molecule has 2 N–H and O–H groups in total. The van der Waals surface area contributed by atoms with Gasteiger partial charge in [0.15, 0.2) is 0 Å². The van der Waals surface area contributed by atoms with Gasteiger partial charge in [-0.1, -0.05) is 97.6 Å². The van der Waals surface area contributed by atoms with Crippen LogP contribution in [0.3, 0.4) is 0 Å². The number of hydrazine groups is 1. The van der Waals surface area contributed by atoms with Crippen LogP contribution in [0.2, 0.25) is 0 Å². The number of allylic oxidation sites excluding steroid dienone is 1. The summed E-state index contributed by atoms with van der Waals surface area (Å²) in [4.78, 5) is 13.0. The lowest BCUT2D eigenvalue weighted by Gasteiger charge is -2.37. The maximum absolute atomic E-state index is 13.0. The molecule has 0 aliphatic heterocycles. The van der Waals surface area contributed by atoms with Crippen molar-refractivity contribution in [1.29, 1.82) is 5.26 Å². The molecule has 196 valence electrons. The van der Waals surface area contributed by atoms with Crippen molar-refractivity contribution in [1.82, 2.24) is 10.9 Å². The molecule has 0 saturated carbocycles. The molecule has 0 aromatic heterocycles. The molecule has 1 amide bonds. The summed E-state index contributed by atoms with van der Waals surface area (Å²) in [6, 6.07) is 33.7. The van der Waals surface area contributed by atoms with Crippen LogP contribution in [0.4, 0.5) is 13.2 Å². The quantitative estimate of drug-likeness (QED) is 0.226. The fourth-order valence-electron chi connectivity index (χ4n) is 4.54. The van der Waals surface area contributed by atoms with Crippen molar-refractivity contribution in [2.24, 2.45) is 0 Å². The van der Waals surface area contributed by atoms with Gasteiger partial charge in [0.25, 0.3) is 5.91 Å². The predicted molar refractivity (Wildman–Crippen MR) is 145 cm³/mol. The van der Waals surface area contributed by atoms with Crippen LogP contribution in [0, 0.1) is 11.3 Å². The second-order valence-corrected chi connectivity index (χ2v) is 9.11. The normalized spacial score (nSPS) is 13.5. The molecule has 7 heteroatoms. The van der Waals surface area contributed by atoms with Crippen LogP contribution in [0.25, 0.3) is 5.57 Å². The van der Waals surface area contributed by atoms with E-state index >= 15 is 0 Å². The van der Waals surface area contributed by atoms with E-state index in [2.05, 4.69) is 23.5 Å². The molecule has 0 spiro atoms. The molecule has 0 heterocycles. The Balaban J connectivity index is 1.72. The summed E-state index contributed by atoms with van der Waals surface area (Å²) in [6.45, 7) is 4.27. The van der Waals surface area contributed by atoms with Crippen LogP contribution in [-0.2, 0) is 11.6 Å². The molecule has 0 bridgehead atoms. The van der Waals surface area contributed by atoms with Gasteiger partial charge in [0.2, 0.25) is 0 Å². The number of benzene rings is 4. The highest BCUT2D eigenvalue weighted by atomic mass is 19.4. The first kappa shape index (κ1) is 27.4. The van der Waals surface area contributed by atoms with Gasteiger partial charge in [0, 0.05) is 5.56 Å². The molecule has 4 aromatic rings. The number of amides is 1. The van der Waals surface area contributed by atoms with Crippen LogP contribution in [0.15, 0.2) is 122 Å². The monoisotopic (exact) mass is 525 g/mol. The van der Waals surface area contributed by atoms with E-state index in [0.29, 0.717) is 0 Å². The summed E-state index contributed by atoms with van der Waals surface area (Å²) in [5.74, 6) is -0.633. The average molecular weight is 526 g/mol. The molecule has 39 heavy (non-hydrogen) atoms. The van der Waals surface area contributed by atoms with Crippen molar-refractivity contribution >= 4 is 11.5 Å². The van der Waals surface area contributed by atoms with Gasteiger partial charge >= 0.3 is 6.18 Å². The van der Waals surface area contributed by atoms with Gasteiger partial charge in [0.1, 0.15) is 5.41 Å². The maximum Gasteiger partial charge on any atom is 0.416 e. The minimum atomic E-state index is -4.51. The van der Waals surface area contributed by atoms with Crippen molar-refractivity contribution < 1.29 is 18.0 Å². The predicted octanol–water partition coefficient (Wildman–Crippen LogP) is 7.25. The minimum absolute atomic E-state index is 0.0401. The summed E-state index contributed by atoms with van der Waals surface area (Å²) in [7, 11) is 0. The zero-order chi connectivity index (χ0) is 27.9. The molecule has 4 aromatic carbocycles. The summed E-state index contributed by atoms with van der Waals surface area (Å²) in [5.41, 5.74) is 6.71. The van der Waals surface area contributed by atoms with Gasteiger partial charge in [-0.25, -0.2) is 5.43 Å². The second kappa shape index (κ2) is 11.8. The Hall–Kier alpha value is -4.67. The molecular weight excluding hydrogens is 499 g/mol. The van der Waals surface area contributed by atoms with Gasteiger partial charge in [-0.05, 0) is 52.9 Å². The summed E-state index contributed by atoms with van der Waals surface area (Å²) in [5, 5.41) is 10.8. The number of alkyl halides is 3. The molecule has 0 unspecified atom stereocenters. The van der Waals surface area contributed by atoms with E-state index in [-0.39, 0.29) is 12.0 Å². The topological polar surface area (TPSA) is 64.9 Å². The van der Waals surface area contributed by atoms with E-state index in [0.717, 1.165) is 46.5 Å². The number of halogens is 3. The average Bonchev–Trinajstić information content (AvgIpc) is 2.97. The first-order valence-electron chi connectivity index (χ1n) is 12.2. The fraction of sp³-hybridized carbons (Fsp3) is 0.125. The number of nitrogens with one attached hydrogen (secondary N) is 2. The number of nitrogens with zero attached hydrogens (tertiary/aromatic N) is 1. The molecule has 0 fully saturated rings. The maximum atomic E-state index is 13.0. The van der Waals surface area contributed by atoms with Gasteiger partial charge in [0.05, 0.1) is 17.7 Å². The highest BCUT2D eigenvalue weighted by molar-refractivity contribution is 5.93. The van der Waals surface area contributed by atoms with Crippen molar-refractivity contribution in [2.75, 3.05) is 0 Å². The fourth-order valence-corrected chi connectivity index (χ4v) is 4.54. The summed E-state index contributed by atoms with van der Waals surface area (Å²) < 4.78 is 38.9. The van der Waals surface area contributed by atoms with Gasteiger partial charge < -0.3 is 0 Å². The number of rotatable bonds is 9. The standard InChI is InChI=1S/C32H26F3N3O/c1-23(24-11-5-2-6-12-24)21-31(22-36,27-15-9-4-10-16-27)29(25-13-7-3-8-14-25)37-38-30(39)26-17-19-28(20-18-26)32(33,34)35/h2-20,29,37H,1,21H2,(H,38,39)/t29-,31+/m0/s1. The van der Waals surface area contributed by atoms with Crippen molar-refractivity contribution in [3.05, 3.63) is 150 Å². The molecule has 0 aliphatic carbocycles. The zero-order valence-corrected chi connectivity index (χ0v) is 21.0. The Morgan fingerprint density at radius 2 is 1.31 bits per heavy atom. The van der Waals surface area contributed by atoms with Crippen LogP contribution < -0.4 is 10.9 Å². The van der Waals surface area contributed by atoms with Gasteiger partial charge in [-0.15, -0.1) is 0 Å². The molecule has 0 radical (unpaired) electrons. The van der Waals surface area contributed by atoms with E-state index in [1.54, 1.807) is 0 Å². The Bertz CT molecular complexity index is 1450. The second-order valence-electron chi connectivity index (χ2n) is 9.11. The SMILES string of the molecule is C=C(C[C@@](C#N)(c1ccccc1)[C@@H](NNC(=O)c1ccc(C(F)(F)F)cc1)c1ccccc1)c1ccccc1. The van der Waals surface area contributed by atoms with Crippen LogP contribution in [0.1, 0.15) is 45.1 Å². The third kappa shape index (κ3) is 6.25. The number of carbonyl (C=O) groups is 1. The number of hydrogen-bond acceptors (Lipinski definition) is 3. The number of hydrogen-bond donors (Lipinski definition) is 2. The summed E-state index contributed by atoms with van der Waals surface area (Å²) >= 11 is 0.